The first kappa shape index (κ1) is 17.1. The number of halogens is 3. The van der Waals surface area contributed by atoms with Gasteiger partial charge in [-0.15, -0.1) is 0 Å². The maximum atomic E-state index is 12.2. The topological polar surface area (TPSA) is 113 Å². The molecule has 1 amide bonds. The zero-order chi connectivity index (χ0) is 16.0. The first-order valence-electron chi connectivity index (χ1n) is 5.95. The summed E-state index contributed by atoms with van der Waals surface area (Å²) < 4.78 is 46.6. The highest BCUT2D eigenvalue weighted by atomic mass is 19.4. The molecule has 0 bridgehead atoms. The second kappa shape index (κ2) is 7.14. The van der Waals surface area contributed by atoms with Crippen molar-refractivity contribution in [2.75, 3.05) is 6.54 Å². The summed E-state index contributed by atoms with van der Waals surface area (Å²) in [6.45, 7) is 1.01. The maximum absolute atomic E-state index is 12.2. The Hall–Kier alpha value is -2.00. The van der Waals surface area contributed by atoms with Gasteiger partial charge in [0.25, 0.3) is 0 Å². The molecular formula is C10H13F3N4O4. The molecule has 8 nitrogen and oxygen atoms in total. The number of carbonyl (C=O) groups is 2. The summed E-state index contributed by atoms with van der Waals surface area (Å²) in [7, 11) is 0. The van der Waals surface area contributed by atoms with Gasteiger partial charge in [0, 0.05) is 11.8 Å². The summed E-state index contributed by atoms with van der Waals surface area (Å²) >= 11 is 0. The van der Waals surface area contributed by atoms with Gasteiger partial charge in [-0.25, -0.2) is 0 Å². The minimum Gasteiger partial charge on any atom is -0.434 e. The highest BCUT2D eigenvalue weighted by Crippen LogP contribution is 2.23. The summed E-state index contributed by atoms with van der Waals surface area (Å²) in [5.41, 5.74) is 8.20. The van der Waals surface area contributed by atoms with Crippen molar-refractivity contribution in [2.45, 2.75) is 44.4 Å². The summed E-state index contributed by atoms with van der Waals surface area (Å²) in [6, 6.07) is -1.12. The van der Waals surface area contributed by atoms with E-state index in [9.17, 15) is 22.8 Å². The standard InChI is InChI=1S/C10H13F3N4O4/c1-5(18)20-8-7(16-9(19)10(11,12)13)3-2-6(21-8)4-15-17-14/h6-8H,2-4H2,1H3,(H,16,19)/t6-,7+,8?/m1/s1. The van der Waals surface area contributed by atoms with Gasteiger partial charge in [-0.05, 0) is 18.4 Å². The Morgan fingerprint density at radius 2 is 2.14 bits per heavy atom. The fraction of sp³-hybridized carbons (Fsp3) is 0.800. The van der Waals surface area contributed by atoms with Crippen molar-refractivity contribution in [3.63, 3.8) is 0 Å². The highest BCUT2D eigenvalue weighted by Gasteiger charge is 2.43. The summed E-state index contributed by atoms with van der Waals surface area (Å²) in [4.78, 5) is 24.4. The second-order valence-corrected chi connectivity index (χ2v) is 4.30. The third kappa shape index (κ3) is 5.48. The number of hydrogen-bond donors (Lipinski definition) is 1. The van der Waals surface area contributed by atoms with Gasteiger partial charge in [-0.3, -0.25) is 9.59 Å². The molecule has 1 N–H and O–H groups in total. The van der Waals surface area contributed by atoms with Gasteiger partial charge in [0.1, 0.15) is 0 Å². The third-order valence-electron chi connectivity index (χ3n) is 2.66. The molecule has 3 atom stereocenters. The number of nitrogens with zero attached hydrogens (tertiary/aromatic N) is 3. The van der Waals surface area contributed by atoms with Gasteiger partial charge in [-0.2, -0.15) is 13.2 Å². The molecule has 1 aliphatic heterocycles. The van der Waals surface area contributed by atoms with Crippen molar-refractivity contribution < 1.29 is 32.2 Å². The minimum absolute atomic E-state index is 0.0474. The molecular weight excluding hydrogens is 297 g/mol. The Morgan fingerprint density at radius 1 is 1.48 bits per heavy atom. The molecule has 1 rings (SSSR count). The van der Waals surface area contributed by atoms with Crippen LogP contribution in [0.5, 0.6) is 0 Å². The molecule has 11 heteroatoms. The van der Waals surface area contributed by atoms with Gasteiger partial charge in [0.2, 0.25) is 6.29 Å². The Kier molecular flexibility index (Phi) is 5.79. The zero-order valence-corrected chi connectivity index (χ0v) is 11.0. The van der Waals surface area contributed by atoms with Crippen LogP contribution in [0.15, 0.2) is 5.11 Å². The number of azide groups is 1. The van der Waals surface area contributed by atoms with Crippen molar-refractivity contribution >= 4 is 11.9 Å². The molecule has 0 aromatic heterocycles. The quantitative estimate of drug-likeness (QED) is 0.366. The molecule has 0 aromatic carbocycles. The van der Waals surface area contributed by atoms with Crippen LogP contribution in [0, 0.1) is 0 Å². The lowest BCUT2D eigenvalue weighted by molar-refractivity contribution is -0.212. The summed E-state index contributed by atoms with van der Waals surface area (Å²) in [5.74, 6) is -2.91. The summed E-state index contributed by atoms with van der Waals surface area (Å²) in [5, 5.41) is 5.00. The number of rotatable bonds is 4. The Labute approximate surface area is 117 Å². The molecule has 21 heavy (non-hydrogen) atoms. The Morgan fingerprint density at radius 3 is 2.67 bits per heavy atom. The van der Waals surface area contributed by atoms with Crippen LogP contribution in [0.3, 0.4) is 0 Å². The molecule has 1 unspecified atom stereocenters. The van der Waals surface area contributed by atoms with Gasteiger partial charge in [0.05, 0.1) is 18.7 Å². The van der Waals surface area contributed by atoms with E-state index in [0.717, 1.165) is 6.92 Å². The van der Waals surface area contributed by atoms with E-state index in [2.05, 4.69) is 10.0 Å². The van der Waals surface area contributed by atoms with Gasteiger partial charge >= 0.3 is 18.1 Å². The molecule has 0 aromatic rings. The van der Waals surface area contributed by atoms with E-state index in [-0.39, 0.29) is 19.4 Å². The maximum Gasteiger partial charge on any atom is 0.471 e. The normalized spacial score (nSPS) is 25.6. The average Bonchev–Trinajstić information content (AvgIpc) is 2.37. The van der Waals surface area contributed by atoms with Crippen molar-refractivity contribution in [2.24, 2.45) is 5.11 Å². The van der Waals surface area contributed by atoms with Gasteiger partial charge < -0.3 is 14.8 Å². The molecule has 118 valence electrons. The Bertz CT molecular complexity index is 450. The average molecular weight is 310 g/mol. The van der Waals surface area contributed by atoms with Crippen molar-refractivity contribution in [1.29, 1.82) is 0 Å². The molecule has 1 aliphatic rings. The van der Waals surface area contributed by atoms with E-state index in [1.807, 2.05) is 0 Å². The largest absolute Gasteiger partial charge is 0.471 e. The molecule has 0 saturated carbocycles. The van der Waals surface area contributed by atoms with Crippen LogP contribution in [0.2, 0.25) is 0 Å². The second-order valence-electron chi connectivity index (χ2n) is 4.30. The smallest absolute Gasteiger partial charge is 0.434 e. The predicted molar refractivity (Wildman–Crippen MR) is 61.7 cm³/mol. The third-order valence-corrected chi connectivity index (χ3v) is 2.66. The molecule has 0 spiro atoms. The lowest BCUT2D eigenvalue weighted by atomic mass is 10.0. The van der Waals surface area contributed by atoms with Crippen LogP contribution < -0.4 is 5.32 Å². The fourth-order valence-corrected chi connectivity index (χ4v) is 1.78. The van der Waals surface area contributed by atoms with E-state index in [1.165, 1.54) is 0 Å². The summed E-state index contributed by atoms with van der Waals surface area (Å²) in [6.07, 6.45) is -6.65. The van der Waals surface area contributed by atoms with E-state index < -0.39 is 36.5 Å². The van der Waals surface area contributed by atoms with Crippen LogP contribution in [0.25, 0.3) is 10.4 Å². The van der Waals surface area contributed by atoms with Crippen molar-refractivity contribution in [3.05, 3.63) is 10.4 Å². The van der Waals surface area contributed by atoms with Gasteiger partial charge in [0.15, 0.2) is 0 Å². The number of nitrogens with one attached hydrogen (secondary N) is 1. The van der Waals surface area contributed by atoms with Crippen molar-refractivity contribution in [3.8, 4) is 0 Å². The lowest BCUT2D eigenvalue weighted by Crippen LogP contribution is -2.54. The van der Waals surface area contributed by atoms with Crippen LogP contribution in [0.4, 0.5) is 13.2 Å². The van der Waals surface area contributed by atoms with Crippen LogP contribution in [-0.4, -0.2) is 43.0 Å². The number of ether oxygens (including phenoxy) is 2. The van der Waals surface area contributed by atoms with E-state index in [4.69, 9.17) is 15.0 Å². The SMILES string of the molecule is CC(=O)OC1O[C@@H](CN=[N+]=[N-])CC[C@@H]1NC(=O)C(F)(F)F. The number of alkyl halides is 3. The zero-order valence-electron chi connectivity index (χ0n) is 11.0. The van der Waals surface area contributed by atoms with Crippen LogP contribution >= 0.6 is 0 Å². The number of carbonyl (C=O) groups excluding carboxylic acids is 2. The molecule has 1 saturated heterocycles. The first-order valence-corrected chi connectivity index (χ1v) is 5.95. The Balaban J connectivity index is 2.71. The minimum atomic E-state index is -5.04. The van der Waals surface area contributed by atoms with Crippen LogP contribution in [0.1, 0.15) is 19.8 Å². The van der Waals surface area contributed by atoms with Gasteiger partial charge in [-0.1, -0.05) is 5.11 Å². The van der Waals surface area contributed by atoms with E-state index >= 15 is 0 Å². The van der Waals surface area contributed by atoms with E-state index in [0.29, 0.717) is 0 Å². The number of amides is 1. The first-order chi connectivity index (χ1) is 9.74. The monoisotopic (exact) mass is 310 g/mol. The predicted octanol–water partition coefficient (Wildman–Crippen LogP) is 1.41. The molecule has 1 fully saturated rings. The molecule has 0 aliphatic carbocycles. The fourth-order valence-electron chi connectivity index (χ4n) is 1.78. The lowest BCUT2D eigenvalue weighted by Gasteiger charge is -2.35. The van der Waals surface area contributed by atoms with E-state index in [1.54, 1.807) is 5.32 Å². The highest BCUT2D eigenvalue weighted by molar-refractivity contribution is 5.82. The number of esters is 1. The van der Waals surface area contributed by atoms with Crippen molar-refractivity contribution in [1.82, 2.24) is 5.32 Å². The number of hydrogen-bond acceptors (Lipinski definition) is 5. The molecule has 0 radical (unpaired) electrons. The molecule has 1 heterocycles. The van der Waals surface area contributed by atoms with Crippen LogP contribution in [-0.2, 0) is 19.1 Å².